The molecular weight excluding hydrogens is 264 g/mol. The summed E-state index contributed by atoms with van der Waals surface area (Å²) in [5.41, 5.74) is 1.33. The Morgan fingerprint density at radius 2 is 1.76 bits per heavy atom. The summed E-state index contributed by atoms with van der Waals surface area (Å²) in [4.78, 5) is 14.4. The van der Waals surface area contributed by atoms with Gasteiger partial charge in [0, 0.05) is 24.8 Å². The Morgan fingerprint density at radius 3 is 2.24 bits per heavy atom. The molecule has 1 aliphatic heterocycles. The highest BCUT2D eigenvalue weighted by molar-refractivity contribution is 5.90. The third-order valence-electron chi connectivity index (χ3n) is 3.77. The average molecular weight is 290 g/mol. The zero-order chi connectivity index (χ0) is 15.5. The molecule has 0 atom stereocenters. The standard InChI is InChI=1S/C17H26N2O2/c1-17(2,3)21-16(20)13-5-7-15(8-6-13)19-11-9-14(18-4)10-12-19/h5-8,14,18H,9-12H2,1-4H3. The predicted molar refractivity (Wildman–Crippen MR) is 85.9 cm³/mol. The molecule has 1 aliphatic rings. The molecule has 0 amide bonds. The molecule has 21 heavy (non-hydrogen) atoms. The molecule has 1 aromatic carbocycles. The second-order valence-electron chi connectivity index (χ2n) is 6.60. The van der Waals surface area contributed by atoms with E-state index in [-0.39, 0.29) is 5.97 Å². The summed E-state index contributed by atoms with van der Waals surface area (Å²) >= 11 is 0. The van der Waals surface area contributed by atoms with Crippen molar-refractivity contribution >= 4 is 11.7 Å². The number of carbonyl (C=O) groups excluding carboxylic acids is 1. The Balaban J connectivity index is 1.98. The molecule has 0 unspecified atom stereocenters. The van der Waals surface area contributed by atoms with Crippen molar-refractivity contribution in [3.8, 4) is 0 Å². The molecule has 116 valence electrons. The molecule has 1 aromatic rings. The molecule has 1 N–H and O–H groups in total. The zero-order valence-electron chi connectivity index (χ0n) is 13.5. The fourth-order valence-electron chi connectivity index (χ4n) is 2.57. The molecule has 4 heteroatoms. The quantitative estimate of drug-likeness (QED) is 0.869. The van der Waals surface area contributed by atoms with E-state index in [0.29, 0.717) is 11.6 Å². The Morgan fingerprint density at radius 1 is 1.19 bits per heavy atom. The largest absolute Gasteiger partial charge is 0.456 e. The summed E-state index contributed by atoms with van der Waals surface area (Å²) in [6.07, 6.45) is 2.31. The van der Waals surface area contributed by atoms with Crippen LogP contribution in [0.15, 0.2) is 24.3 Å². The van der Waals surface area contributed by atoms with Crippen molar-refractivity contribution in [2.45, 2.75) is 45.3 Å². The number of nitrogens with one attached hydrogen (secondary N) is 1. The van der Waals surface area contributed by atoms with E-state index < -0.39 is 5.60 Å². The zero-order valence-corrected chi connectivity index (χ0v) is 13.5. The minimum atomic E-state index is -0.454. The molecule has 1 saturated heterocycles. The molecule has 4 nitrogen and oxygen atoms in total. The molecule has 0 aromatic heterocycles. The topological polar surface area (TPSA) is 41.6 Å². The maximum absolute atomic E-state index is 12.0. The molecular formula is C17H26N2O2. The van der Waals surface area contributed by atoms with Gasteiger partial charge >= 0.3 is 5.97 Å². The lowest BCUT2D eigenvalue weighted by Gasteiger charge is -2.33. The van der Waals surface area contributed by atoms with Crippen LogP contribution in [0, 0.1) is 0 Å². The van der Waals surface area contributed by atoms with Crippen LogP contribution in [-0.2, 0) is 4.74 Å². The summed E-state index contributed by atoms with van der Waals surface area (Å²) < 4.78 is 5.38. The summed E-state index contributed by atoms with van der Waals surface area (Å²) in [6, 6.07) is 8.36. The van der Waals surface area contributed by atoms with Crippen LogP contribution in [0.1, 0.15) is 44.0 Å². The number of hydrogen-bond acceptors (Lipinski definition) is 4. The van der Waals surface area contributed by atoms with Gasteiger partial charge in [0.25, 0.3) is 0 Å². The van der Waals surface area contributed by atoms with Gasteiger partial charge in [-0.2, -0.15) is 0 Å². The van der Waals surface area contributed by atoms with E-state index in [0.717, 1.165) is 25.9 Å². The van der Waals surface area contributed by atoms with E-state index in [1.165, 1.54) is 5.69 Å². The van der Waals surface area contributed by atoms with Gasteiger partial charge in [-0.05, 0) is 64.9 Å². The molecule has 0 bridgehead atoms. The van der Waals surface area contributed by atoms with Gasteiger partial charge in [0.1, 0.15) is 5.60 Å². The van der Waals surface area contributed by atoms with Crippen LogP contribution in [0.5, 0.6) is 0 Å². The number of nitrogens with zero attached hydrogens (tertiary/aromatic N) is 1. The molecule has 0 aliphatic carbocycles. The highest BCUT2D eigenvalue weighted by Crippen LogP contribution is 2.21. The number of benzene rings is 1. The van der Waals surface area contributed by atoms with Gasteiger partial charge in [-0.25, -0.2) is 4.79 Å². The number of hydrogen-bond donors (Lipinski definition) is 1. The first-order valence-corrected chi connectivity index (χ1v) is 7.64. The second-order valence-corrected chi connectivity index (χ2v) is 6.60. The molecule has 0 saturated carbocycles. The SMILES string of the molecule is CNC1CCN(c2ccc(C(=O)OC(C)(C)C)cc2)CC1. The van der Waals surface area contributed by atoms with E-state index >= 15 is 0 Å². The number of piperidine rings is 1. The lowest BCUT2D eigenvalue weighted by atomic mass is 10.0. The van der Waals surface area contributed by atoms with Crippen LogP contribution in [0.3, 0.4) is 0 Å². The fraction of sp³-hybridized carbons (Fsp3) is 0.588. The molecule has 0 radical (unpaired) electrons. The van der Waals surface area contributed by atoms with E-state index in [1.54, 1.807) is 0 Å². The lowest BCUT2D eigenvalue weighted by Crippen LogP contribution is -2.41. The summed E-state index contributed by atoms with van der Waals surface area (Å²) in [5.74, 6) is -0.261. The van der Waals surface area contributed by atoms with Crippen LogP contribution in [-0.4, -0.2) is 37.7 Å². The third kappa shape index (κ3) is 4.46. The van der Waals surface area contributed by atoms with Gasteiger partial charge in [0.2, 0.25) is 0 Å². The number of ether oxygens (including phenoxy) is 1. The van der Waals surface area contributed by atoms with E-state index in [1.807, 2.05) is 52.1 Å². The normalized spacial score (nSPS) is 16.9. The monoisotopic (exact) mass is 290 g/mol. The third-order valence-corrected chi connectivity index (χ3v) is 3.77. The van der Waals surface area contributed by atoms with E-state index in [2.05, 4.69) is 10.2 Å². The first-order chi connectivity index (χ1) is 9.89. The van der Waals surface area contributed by atoms with Gasteiger partial charge in [0.15, 0.2) is 0 Å². The Kier molecular flexibility index (Phi) is 4.88. The van der Waals surface area contributed by atoms with E-state index in [9.17, 15) is 4.79 Å². The van der Waals surface area contributed by atoms with Crippen molar-refractivity contribution in [2.75, 3.05) is 25.0 Å². The molecule has 1 fully saturated rings. The number of carbonyl (C=O) groups is 1. The summed E-state index contributed by atoms with van der Waals surface area (Å²) in [5, 5.41) is 3.33. The lowest BCUT2D eigenvalue weighted by molar-refractivity contribution is 0.00696. The van der Waals surface area contributed by atoms with Gasteiger partial charge in [-0.1, -0.05) is 0 Å². The first-order valence-electron chi connectivity index (χ1n) is 7.64. The van der Waals surface area contributed by atoms with Gasteiger partial charge in [-0.3, -0.25) is 0 Å². The highest BCUT2D eigenvalue weighted by atomic mass is 16.6. The van der Waals surface area contributed by atoms with E-state index in [4.69, 9.17) is 4.74 Å². The molecule has 1 heterocycles. The summed E-state index contributed by atoms with van der Waals surface area (Å²) in [6.45, 7) is 7.75. The van der Waals surface area contributed by atoms with Crippen molar-refractivity contribution in [3.05, 3.63) is 29.8 Å². The van der Waals surface area contributed by atoms with Crippen LogP contribution < -0.4 is 10.2 Å². The van der Waals surface area contributed by atoms with Gasteiger partial charge < -0.3 is 15.0 Å². The van der Waals surface area contributed by atoms with Crippen LogP contribution >= 0.6 is 0 Å². The maximum Gasteiger partial charge on any atom is 0.338 e. The van der Waals surface area contributed by atoms with Gasteiger partial charge in [-0.15, -0.1) is 0 Å². The van der Waals surface area contributed by atoms with Crippen LogP contribution in [0.25, 0.3) is 0 Å². The molecule has 2 rings (SSSR count). The van der Waals surface area contributed by atoms with Crippen molar-refractivity contribution in [1.29, 1.82) is 0 Å². The number of esters is 1. The predicted octanol–water partition coefficient (Wildman–Crippen LogP) is 2.83. The highest BCUT2D eigenvalue weighted by Gasteiger charge is 2.20. The van der Waals surface area contributed by atoms with Gasteiger partial charge in [0.05, 0.1) is 5.56 Å². The second kappa shape index (κ2) is 6.48. The first kappa shape index (κ1) is 15.8. The Labute approximate surface area is 127 Å². The van der Waals surface area contributed by atoms with Crippen LogP contribution in [0.2, 0.25) is 0 Å². The van der Waals surface area contributed by atoms with Crippen molar-refractivity contribution in [2.24, 2.45) is 0 Å². The molecule has 0 spiro atoms. The minimum absolute atomic E-state index is 0.261. The Bertz CT molecular complexity index is 469. The number of rotatable bonds is 3. The fourth-order valence-corrected chi connectivity index (χ4v) is 2.57. The van der Waals surface area contributed by atoms with Crippen molar-refractivity contribution in [3.63, 3.8) is 0 Å². The average Bonchev–Trinajstić information content (AvgIpc) is 2.46. The van der Waals surface area contributed by atoms with Crippen molar-refractivity contribution in [1.82, 2.24) is 5.32 Å². The number of anilines is 1. The van der Waals surface area contributed by atoms with Crippen LogP contribution in [0.4, 0.5) is 5.69 Å². The summed E-state index contributed by atoms with van der Waals surface area (Å²) in [7, 11) is 2.02. The smallest absolute Gasteiger partial charge is 0.338 e. The Hall–Kier alpha value is -1.55. The maximum atomic E-state index is 12.0. The minimum Gasteiger partial charge on any atom is -0.456 e. The van der Waals surface area contributed by atoms with Crippen molar-refractivity contribution < 1.29 is 9.53 Å².